The highest BCUT2D eigenvalue weighted by molar-refractivity contribution is 5.73. The van der Waals surface area contributed by atoms with E-state index in [-0.39, 0.29) is 34.1 Å². The van der Waals surface area contributed by atoms with Gasteiger partial charge < -0.3 is 15.4 Å². The van der Waals surface area contributed by atoms with Crippen LogP contribution in [0.4, 0.5) is 34.0 Å². The first kappa shape index (κ1) is 24.8. The van der Waals surface area contributed by atoms with Gasteiger partial charge in [-0.05, 0) is 38.7 Å². The zero-order chi connectivity index (χ0) is 26.4. The van der Waals surface area contributed by atoms with Gasteiger partial charge in [-0.25, -0.2) is 18.7 Å². The summed E-state index contributed by atoms with van der Waals surface area (Å²) in [5.74, 6) is -0.237. The number of H-pyrrole nitrogens is 1. The second kappa shape index (κ2) is 9.18. The van der Waals surface area contributed by atoms with E-state index in [0.29, 0.717) is 18.5 Å². The van der Waals surface area contributed by atoms with E-state index in [1.807, 2.05) is 13.0 Å². The van der Waals surface area contributed by atoms with Crippen molar-refractivity contribution in [3.05, 3.63) is 35.4 Å². The minimum absolute atomic E-state index is 0.0306. The molecule has 0 aliphatic heterocycles. The van der Waals surface area contributed by atoms with Crippen molar-refractivity contribution in [3.63, 3.8) is 0 Å². The van der Waals surface area contributed by atoms with Crippen molar-refractivity contribution < 1.29 is 31.8 Å². The molecule has 5 rings (SSSR count). The van der Waals surface area contributed by atoms with Crippen molar-refractivity contribution in [2.45, 2.75) is 69.3 Å². The van der Waals surface area contributed by atoms with Gasteiger partial charge in [0.15, 0.2) is 17.3 Å². The largest absolute Gasteiger partial charge is 0.522 e. The minimum atomic E-state index is -4.82. The summed E-state index contributed by atoms with van der Waals surface area (Å²) in [7, 11) is 0. The highest BCUT2D eigenvalue weighted by Gasteiger charge is 2.43. The van der Waals surface area contributed by atoms with Gasteiger partial charge in [-0.1, -0.05) is 0 Å². The molecule has 37 heavy (non-hydrogen) atoms. The van der Waals surface area contributed by atoms with Crippen LogP contribution in [0, 0.1) is 11.3 Å². The number of nitrogens with one attached hydrogen (secondary N) is 3. The van der Waals surface area contributed by atoms with Crippen LogP contribution >= 0.6 is 0 Å². The monoisotopic (exact) mass is 522 g/mol. The van der Waals surface area contributed by atoms with E-state index in [9.17, 15) is 23.2 Å². The lowest BCUT2D eigenvalue weighted by Crippen LogP contribution is -2.38. The second-order valence-corrected chi connectivity index (χ2v) is 9.38. The minimum Gasteiger partial charge on any atom is -0.443 e. The van der Waals surface area contributed by atoms with E-state index in [2.05, 4.69) is 35.7 Å². The highest BCUT2D eigenvalue weighted by Crippen LogP contribution is 2.39. The predicted octanol–water partition coefficient (Wildman–Crippen LogP) is 3.97. The van der Waals surface area contributed by atoms with Crippen molar-refractivity contribution in [3.8, 4) is 6.07 Å². The molecule has 0 bridgehead atoms. The zero-order valence-corrected chi connectivity index (χ0v) is 19.5. The first-order chi connectivity index (χ1) is 17.5. The summed E-state index contributed by atoms with van der Waals surface area (Å²) < 4.78 is 62.7. The van der Waals surface area contributed by atoms with Crippen molar-refractivity contribution >= 4 is 23.2 Å². The van der Waals surface area contributed by atoms with E-state index >= 15 is 4.39 Å². The zero-order valence-electron chi connectivity index (χ0n) is 19.5. The normalized spacial score (nSPS) is 22.5. The Kier molecular flexibility index (Phi) is 6.14. The van der Waals surface area contributed by atoms with Crippen LogP contribution in [0.15, 0.2) is 18.3 Å². The lowest BCUT2D eigenvalue weighted by Gasteiger charge is -2.19. The second-order valence-electron chi connectivity index (χ2n) is 9.38. The van der Waals surface area contributed by atoms with Gasteiger partial charge in [-0.15, -0.1) is 13.2 Å². The maximum atomic E-state index is 15.1. The molecule has 3 atom stereocenters. The number of rotatable bonds is 7. The number of nitrogens with zero attached hydrogens (tertiary/aromatic N) is 5. The molecular formula is C22H22F4N8O3. The molecule has 2 aliphatic carbocycles. The molecule has 3 aromatic rings. The van der Waals surface area contributed by atoms with Crippen LogP contribution in [-0.2, 0) is 16.1 Å². The number of fused-ring (bicyclic) bond motifs is 1. The first-order valence-electron chi connectivity index (χ1n) is 11.5. The molecule has 3 aromatic heterocycles. The lowest BCUT2D eigenvalue weighted by atomic mass is 10.0. The number of halogens is 4. The van der Waals surface area contributed by atoms with Crippen LogP contribution < -0.4 is 10.6 Å². The molecule has 3 heterocycles. The van der Waals surface area contributed by atoms with Crippen LogP contribution in [0.3, 0.4) is 0 Å². The van der Waals surface area contributed by atoms with Gasteiger partial charge in [0, 0.05) is 23.2 Å². The Balaban J connectivity index is 1.29. The van der Waals surface area contributed by atoms with Gasteiger partial charge in [0.25, 0.3) is 0 Å². The molecule has 1 amide bonds. The van der Waals surface area contributed by atoms with Crippen LogP contribution in [-0.4, -0.2) is 55.1 Å². The summed E-state index contributed by atoms with van der Waals surface area (Å²) in [6.07, 6.45) is -4.02. The lowest BCUT2D eigenvalue weighted by molar-refractivity contribution is -0.330. The topological polar surface area (TPSA) is 142 Å². The van der Waals surface area contributed by atoms with Crippen molar-refractivity contribution in [1.29, 1.82) is 5.26 Å². The van der Waals surface area contributed by atoms with E-state index < -0.39 is 37.3 Å². The Morgan fingerprint density at radius 3 is 2.84 bits per heavy atom. The van der Waals surface area contributed by atoms with Gasteiger partial charge in [-0.3, -0.25) is 9.84 Å². The molecule has 0 spiro atoms. The molecule has 2 fully saturated rings. The number of hydrogen-bond donors (Lipinski definition) is 3. The Morgan fingerprint density at radius 1 is 1.35 bits per heavy atom. The summed E-state index contributed by atoms with van der Waals surface area (Å²) in [4.78, 5) is 16.2. The third-order valence-electron chi connectivity index (χ3n) is 6.41. The van der Waals surface area contributed by atoms with Gasteiger partial charge >= 0.3 is 12.5 Å². The number of ether oxygens (including phenoxy) is 2. The molecule has 11 nitrogen and oxygen atoms in total. The van der Waals surface area contributed by atoms with Crippen LogP contribution in [0.1, 0.15) is 55.6 Å². The van der Waals surface area contributed by atoms with Gasteiger partial charge in [-0.2, -0.15) is 15.5 Å². The summed E-state index contributed by atoms with van der Waals surface area (Å²) in [5.41, 5.74) is 0.398. The number of anilines is 2. The van der Waals surface area contributed by atoms with E-state index in [0.717, 1.165) is 12.8 Å². The Morgan fingerprint density at radius 2 is 2.14 bits per heavy atom. The molecule has 3 N–H and O–H groups in total. The summed E-state index contributed by atoms with van der Waals surface area (Å²) in [5, 5.41) is 25.8. The fourth-order valence-corrected chi connectivity index (χ4v) is 4.23. The smallest absolute Gasteiger partial charge is 0.443 e. The van der Waals surface area contributed by atoms with Crippen LogP contribution in [0.2, 0.25) is 0 Å². The molecule has 0 aromatic carbocycles. The van der Waals surface area contributed by atoms with Gasteiger partial charge in [0.2, 0.25) is 0 Å². The Bertz CT molecular complexity index is 1360. The van der Waals surface area contributed by atoms with Crippen LogP contribution in [0.5, 0.6) is 0 Å². The number of aromatic amines is 1. The van der Waals surface area contributed by atoms with E-state index in [4.69, 9.17) is 4.74 Å². The summed E-state index contributed by atoms with van der Waals surface area (Å²) in [6.45, 7) is 1.08. The van der Waals surface area contributed by atoms with E-state index in [1.54, 1.807) is 6.07 Å². The molecule has 196 valence electrons. The van der Waals surface area contributed by atoms with Crippen molar-refractivity contribution in [1.82, 2.24) is 30.1 Å². The van der Waals surface area contributed by atoms with Crippen LogP contribution in [0.25, 0.3) is 5.52 Å². The summed E-state index contributed by atoms with van der Waals surface area (Å²) in [6, 6.07) is 4.75. The van der Waals surface area contributed by atoms with Gasteiger partial charge in [0.1, 0.15) is 30.5 Å². The van der Waals surface area contributed by atoms with Crippen molar-refractivity contribution in [2.75, 3.05) is 5.32 Å². The molecular weight excluding hydrogens is 500 g/mol. The number of nitriles is 1. The molecule has 2 saturated carbocycles. The maximum absolute atomic E-state index is 15.1. The highest BCUT2D eigenvalue weighted by atomic mass is 19.4. The number of carbonyl (C=O) groups is 1. The van der Waals surface area contributed by atoms with Gasteiger partial charge in [0.05, 0.1) is 11.9 Å². The van der Waals surface area contributed by atoms with E-state index in [1.165, 1.54) is 16.8 Å². The molecule has 0 radical (unpaired) electrons. The SMILES string of the molecule is CC1(NC(=O)O[C@@H]2CC[C@H](c3cc(Nc4nc(C#N)cn5nc(COC(F)(F)F)cc45)n[nH]3)[C@H]2F)CC1. The maximum Gasteiger partial charge on any atom is 0.522 e. The Labute approximate surface area is 207 Å². The average molecular weight is 522 g/mol. The molecule has 0 unspecified atom stereocenters. The summed E-state index contributed by atoms with van der Waals surface area (Å²) >= 11 is 0. The number of amides is 1. The third kappa shape index (κ3) is 5.58. The fourth-order valence-electron chi connectivity index (χ4n) is 4.23. The molecule has 15 heteroatoms. The molecule has 0 saturated heterocycles. The number of aromatic nitrogens is 5. The Hall–Kier alpha value is -3.93. The number of alkyl halides is 4. The number of hydrogen-bond acceptors (Lipinski definition) is 8. The molecule has 2 aliphatic rings. The third-order valence-corrected chi connectivity index (χ3v) is 6.41. The predicted molar refractivity (Wildman–Crippen MR) is 118 cm³/mol. The standard InChI is InChI=1S/C22H22F4N8O3/c1-21(4-5-21)30-20(35)37-16-3-2-13(18(16)23)14-7-17(32-31-14)29-19-15-6-11(10-36-22(24,25)26)33-34(15)9-12(8-27)28-19/h6-7,9,13,16,18H,2-5,10H2,1H3,(H,30,35)(H2,28,29,31,32)/t13-,16-,18-/m1/s1. The quantitative estimate of drug-likeness (QED) is 0.396. The number of alkyl carbamates (subject to hydrolysis) is 1. The first-order valence-corrected chi connectivity index (χ1v) is 11.5. The average Bonchev–Trinajstić information content (AvgIpc) is 3.19. The van der Waals surface area contributed by atoms with Crippen molar-refractivity contribution in [2.24, 2.45) is 0 Å². The fraction of sp³-hybridized carbons (Fsp3) is 0.500. The number of carbonyl (C=O) groups excluding carboxylic acids is 1.